The van der Waals surface area contributed by atoms with Crippen LogP contribution in [0.3, 0.4) is 0 Å². The lowest BCUT2D eigenvalue weighted by Crippen LogP contribution is -2.38. The van der Waals surface area contributed by atoms with Gasteiger partial charge in [-0.15, -0.1) is 0 Å². The van der Waals surface area contributed by atoms with Crippen LogP contribution in [-0.2, 0) is 9.53 Å². The number of halogens is 1. The van der Waals surface area contributed by atoms with Crippen LogP contribution in [0, 0.1) is 5.41 Å². The van der Waals surface area contributed by atoms with Gasteiger partial charge < -0.3 is 15.8 Å². The molecule has 4 N–H and O–H groups in total. The molecule has 6 heteroatoms. The topological polar surface area (TPSA) is 88.2 Å². The van der Waals surface area contributed by atoms with Crippen molar-refractivity contribution in [2.24, 2.45) is 5.73 Å². The molecule has 92 valence electrons. The zero-order chi connectivity index (χ0) is 12.8. The van der Waals surface area contributed by atoms with Gasteiger partial charge in [0.25, 0.3) is 0 Å². The number of nitrogens with two attached hydrogens (primary N) is 1. The zero-order valence-corrected chi connectivity index (χ0v) is 11.0. The minimum atomic E-state index is -0.749. The summed E-state index contributed by atoms with van der Waals surface area (Å²) >= 11 is 3.31. The minimum Gasteiger partial charge on any atom is -0.464 e. The zero-order valence-electron chi connectivity index (χ0n) is 9.37. The molecule has 0 aliphatic rings. The van der Waals surface area contributed by atoms with Gasteiger partial charge in [0.1, 0.15) is 0 Å². The van der Waals surface area contributed by atoms with E-state index in [1.807, 2.05) is 12.1 Å². The van der Waals surface area contributed by atoms with Gasteiger partial charge in [0.15, 0.2) is 12.0 Å². The summed E-state index contributed by atoms with van der Waals surface area (Å²) < 4.78 is 5.83. The first-order valence-corrected chi connectivity index (χ1v) is 5.86. The van der Waals surface area contributed by atoms with Crippen molar-refractivity contribution in [2.75, 3.05) is 6.61 Å². The molecule has 0 amide bonds. The van der Waals surface area contributed by atoms with E-state index < -0.39 is 12.0 Å². The molecule has 17 heavy (non-hydrogen) atoms. The molecule has 0 saturated heterocycles. The van der Waals surface area contributed by atoms with Gasteiger partial charge in [0.05, 0.1) is 6.61 Å². The van der Waals surface area contributed by atoms with E-state index in [-0.39, 0.29) is 12.6 Å². The fourth-order valence-electron chi connectivity index (χ4n) is 1.31. The number of benzene rings is 1. The van der Waals surface area contributed by atoms with Crippen molar-refractivity contribution >= 4 is 27.9 Å². The van der Waals surface area contributed by atoms with Crippen LogP contribution in [0.15, 0.2) is 28.7 Å². The standard InChI is InChI=1S/C11H14BrN3O2/c1-2-17-10(16)9(15-11(13)14)7-3-5-8(12)6-4-7/h3-6,9H,2H2,1H3,(H4,13,14,15). The van der Waals surface area contributed by atoms with E-state index in [2.05, 4.69) is 21.2 Å². The van der Waals surface area contributed by atoms with Gasteiger partial charge in [-0.3, -0.25) is 5.41 Å². The number of nitrogens with one attached hydrogen (secondary N) is 2. The molecule has 0 spiro atoms. The van der Waals surface area contributed by atoms with E-state index in [0.717, 1.165) is 4.47 Å². The fraction of sp³-hybridized carbons (Fsp3) is 0.273. The van der Waals surface area contributed by atoms with E-state index in [1.54, 1.807) is 19.1 Å². The van der Waals surface area contributed by atoms with Crippen molar-refractivity contribution in [1.29, 1.82) is 5.41 Å². The molecular formula is C11H14BrN3O2. The maximum absolute atomic E-state index is 11.7. The normalized spacial score (nSPS) is 11.6. The molecule has 0 aliphatic heterocycles. The average Bonchev–Trinajstić information content (AvgIpc) is 2.27. The highest BCUT2D eigenvalue weighted by molar-refractivity contribution is 9.10. The summed E-state index contributed by atoms with van der Waals surface area (Å²) in [7, 11) is 0. The van der Waals surface area contributed by atoms with Crippen molar-refractivity contribution in [3.05, 3.63) is 34.3 Å². The number of ether oxygens (including phenoxy) is 1. The van der Waals surface area contributed by atoms with Crippen LogP contribution >= 0.6 is 15.9 Å². The molecule has 1 aromatic rings. The second-order valence-electron chi connectivity index (χ2n) is 3.29. The monoisotopic (exact) mass is 299 g/mol. The number of hydrogen-bond donors (Lipinski definition) is 3. The summed E-state index contributed by atoms with van der Waals surface area (Å²) in [6, 6.07) is 6.40. The highest BCUT2D eigenvalue weighted by Crippen LogP contribution is 2.18. The summed E-state index contributed by atoms with van der Waals surface area (Å²) in [6.07, 6.45) is 0. The lowest BCUT2D eigenvalue weighted by atomic mass is 10.1. The quantitative estimate of drug-likeness (QED) is 0.447. The highest BCUT2D eigenvalue weighted by Gasteiger charge is 2.21. The van der Waals surface area contributed by atoms with E-state index in [0.29, 0.717) is 5.56 Å². The van der Waals surface area contributed by atoms with Crippen LogP contribution in [0.1, 0.15) is 18.5 Å². The van der Waals surface area contributed by atoms with Crippen LogP contribution in [0.25, 0.3) is 0 Å². The second kappa shape index (κ2) is 6.24. The van der Waals surface area contributed by atoms with Crippen molar-refractivity contribution in [2.45, 2.75) is 13.0 Å². The van der Waals surface area contributed by atoms with Gasteiger partial charge in [-0.1, -0.05) is 28.1 Å². The van der Waals surface area contributed by atoms with Gasteiger partial charge in [0, 0.05) is 4.47 Å². The summed E-state index contributed by atoms with van der Waals surface area (Å²) in [4.78, 5) is 11.7. The Hall–Kier alpha value is -1.56. The first-order chi connectivity index (χ1) is 8.04. The number of hydrogen-bond acceptors (Lipinski definition) is 3. The molecule has 0 aromatic heterocycles. The van der Waals surface area contributed by atoms with E-state index in [1.165, 1.54) is 0 Å². The molecule has 0 aliphatic carbocycles. The first kappa shape index (κ1) is 13.5. The average molecular weight is 300 g/mol. The molecular weight excluding hydrogens is 286 g/mol. The number of guanidine groups is 1. The number of carbonyl (C=O) groups is 1. The van der Waals surface area contributed by atoms with Gasteiger partial charge in [-0.25, -0.2) is 4.79 Å². The Labute approximate surface area is 108 Å². The van der Waals surface area contributed by atoms with Crippen LogP contribution in [-0.4, -0.2) is 18.5 Å². The van der Waals surface area contributed by atoms with E-state index in [9.17, 15) is 4.79 Å². The first-order valence-electron chi connectivity index (χ1n) is 5.07. The fourth-order valence-corrected chi connectivity index (χ4v) is 1.58. The third kappa shape index (κ3) is 4.07. The van der Waals surface area contributed by atoms with Crippen LogP contribution < -0.4 is 11.1 Å². The van der Waals surface area contributed by atoms with Gasteiger partial charge in [-0.2, -0.15) is 0 Å². The summed E-state index contributed by atoms with van der Waals surface area (Å²) in [6.45, 7) is 2.01. The predicted octanol–water partition coefficient (Wildman–Crippen LogP) is 1.54. The van der Waals surface area contributed by atoms with Crippen molar-refractivity contribution in [1.82, 2.24) is 5.32 Å². The third-order valence-electron chi connectivity index (χ3n) is 2.03. The van der Waals surface area contributed by atoms with Gasteiger partial charge in [-0.05, 0) is 24.6 Å². The van der Waals surface area contributed by atoms with E-state index in [4.69, 9.17) is 15.9 Å². The Balaban J connectivity index is 2.92. The molecule has 0 radical (unpaired) electrons. The van der Waals surface area contributed by atoms with Crippen LogP contribution in [0.2, 0.25) is 0 Å². The molecule has 1 aromatic carbocycles. The minimum absolute atomic E-state index is 0.272. The van der Waals surface area contributed by atoms with Crippen LogP contribution in [0.5, 0.6) is 0 Å². The van der Waals surface area contributed by atoms with E-state index >= 15 is 0 Å². The summed E-state index contributed by atoms with van der Waals surface area (Å²) in [5.41, 5.74) is 5.95. The molecule has 0 heterocycles. The summed E-state index contributed by atoms with van der Waals surface area (Å²) in [5, 5.41) is 9.76. The Morgan fingerprint density at radius 2 is 2.12 bits per heavy atom. The van der Waals surface area contributed by atoms with Gasteiger partial charge >= 0.3 is 5.97 Å². The lowest BCUT2D eigenvalue weighted by Gasteiger charge is -2.17. The lowest BCUT2D eigenvalue weighted by molar-refractivity contribution is -0.145. The van der Waals surface area contributed by atoms with Crippen LogP contribution in [0.4, 0.5) is 0 Å². The predicted molar refractivity (Wildman–Crippen MR) is 68.6 cm³/mol. The number of rotatable bonds is 4. The van der Waals surface area contributed by atoms with Crippen molar-refractivity contribution in [3.8, 4) is 0 Å². The smallest absolute Gasteiger partial charge is 0.333 e. The Kier molecular flexibility index (Phi) is 4.96. The maximum atomic E-state index is 11.7. The largest absolute Gasteiger partial charge is 0.464 e. The Morgan fingerprint density at radius 3 is 2.59 bits per heavy atom. The highest BCUT2D eigenvalue weighted by atomic mass is 79.9. The Morgan fingerprint density at radius 1 is 1.53 bits per heavy atom. The molecule has 0 bridgehead atoms. The third-order valence-corrected chi connectivity index (χ3v) is 2.55. The van der Waals surface area contributed by atoms with Crippen molar-refractivity contribution in [3.63, 3.8) is 0 Å². The molecule has 5 nitrogen and oxygen atoms in total. The Bertz CT molecular complexity index is 406. The molecule has 1 rings (SSSR count). The van der Waals surface area contributed by atoms with Gasteiger partial charge in [0.2, 0.25) is 0 Å². The maximum Gasteiger partial charge on any atom is 0.333 e. The number of carbonyl (C=O) groups excluding carboxylic acids is 1. The summed E-state index contributed by atoms with van der Waals surface area (Å²) in [5.74, 6) is -0.726. The SMILES string of the molecule is CCOC(=O)C(NC(=N)N)c1ccc(Br)cc1. The number of esters is 1. The molecule has 0 saturated carbocycles. The molecule has 1 atom stereocenters. The molecule has 1 unspecified atom stereocenters. The van der Waals surface area contributed by atoms with Crippen molar-refractivity contribution < 1.29 is 9.53 Å². The molecule has 0 fully saturated rings. The second-order valence-corrected chi connectivity index (χ2v) is 4.21.